The van der Waals surface area contributed by atoms with Gasteiger partial charge in [0.1, 0.15) is 0 Å². The molecule has 0 unspecified atom stereocenters. The highest BCUT2D eigenvalue weighted by molar-refractivity contribution is 9.11. The third-order valence-electron chi connectivity index (χ3n) is 1.99. The maximum absolute atomic E-state index is 5.76. The number of halogens is 1. The molecule has 0 bridgehead atoms. The molecule has 1 aromatic heterocycles. The number of nitrogen functional groups attached to an aromatic ring is 1. The van der Waals surface area contributed by atoms with Gasteiger partial charge in [0.05, 0.1) is 9.47 Å². The van der Waals surface area contributed by atoms with Crippen LogP contribution >= 0.6 is 27.3 Å². The Bertz CT molecular complexity index is 403. The minimum absolute atomic E-state index is 0.834. The van der Waals surface area contributed by atoms with Gasteiger partial charge >= 0.3 is 0 Å². The molecule has 2 aromatic rings. The molecule has 0 atom stereocenters. The summed E-state index contributed by atoms with van der Waals surface area (Å²) in [5, 5.41) is 0. The van der Waals surface area contributed by atoms with E-state index >= 15 is 0 Å². The smallest absolute Gasteiger partial charge is 0.0930 e. The van der Waals surface area contributed by atoms with Crippen LogP contribution in [-0.2, 0) is 6.42 Å². The second-order valence-electron chi connectivity index (χ2n) is 3.10. The molecule has 3 heteroatoms. The van der Waals surface area contributed by atoms with E-state index in [9.17, 15) is 0 Å². The average molecular weight is 268 g/mol. The zero-order chi connectivity index (χ0) is 9.97. The van der Waals surface area contributed by atoms with E-state index in [-0.39, 0.29) is 0 Å². The number of thiophene rings is 1. The monoisotopic (exact) mass is 267 g/mol. The van der Waals surface area contributed by atoms with E-state index in [1.165, 1.54) is 10.4 Å². The van der Waals surface area contributed by atoms with Crippen molar-refractivity contribution in [1.29, 1.82) is 0 Å². The minimum Gasteiger partial charge on any atom is -0.397 e. The van der Waals surface area contributed by atoms with Crippen molar-refractivity contribution in [2.24, 2.45) is 0 Å². The molecule has 0 fully saturated rings. The molecule has 0 saturated heterocycles. The largest absolute Gasteiger partial charge is 0.397 e. The molecule has 0 aliphatic carbocycles. The maximum Gasteiger partial charge on any atom is 0.0930 e. The third kappa shape index (κ3) is 2.16. The van der Waals surface area contributed by atoms with Gasteiger partial charge in [-0.2, -0.15) is 0 Å². The fourth-order valence-electron chi connectivity index (χ4n) is 1.32. The summed E-state index contributed by atoms with van der Waals surface area (Å²) >= 11 is 5.12. The Balaban J connectivity index is 2.19. The quantitative estimate of drug-likeness (QED) is 0.883. The highest BCUT2D eigenvalue weighted by atomic mass is 79.9. The summed E-state index contributed by atoms with van der Waals surface area (Å²) in [5.74, 6) is 0. The van der Waals surface area contributed by atoms with Crippen LogP contribution in [0.15, 0.2) is 40.2 Å². The van der Waals surface area contributed by atoms with Crippen LogP contribution in [0.4, 0.5) is 5.69 Å². The SMILES string of the molecule is Nc1cc(Cc2ccccc2)sc1Br. The second-order valence-corrected chi connectivity index (χ2v) is 5.56. The van der Waals surface area contributed by atoms with Gasteiger partial charge in [0.2, 0.25) is 0 Å². The zero-order valence-corrected chi connectivity index (χ0v) is 9.94. The number of benzene rings is 1. The molecule has 0 aliphatic heterocycles. The van der Waals surface area contributed by atoms with Gasteiger partial charge in [0.15, 0.2) is 0 Å². The molecule has 1 heterocycles. The summed E-state index contributed by atoms with van der Waals surface area (Å²) in [6, 6.07) is 12.4. The van der Waals surface area contributed by atoms with E-state index < -0.39 is 0 Å². The van der Waals surface area contributed by atoms with Crippen LogP contribution < -0.4 is 5.73 Å². The van der Waals surface area contributed by atoms with Crippen LogP contribution in [0.2, 0.25) is 0 Å². The summed E-state index contributed by atoms with van der Waals surface area (Å²) < 4.78 is 1.03. The summed E-state index contributed by atoms with van der Waals surface area (Å²) in [6.07, 6.45) is 0.960. The first-order valence-electron chi connectivity index (χ1n) is 4.33. The van der Waals surface area contributed by atoms with Crippen molar-refractivity contribution in [3.05, 3.63) is 50.6 Å². The topological polar surface area (TPSA) is 26.0 Å². The molecule has 72 valence electrons. The van der Waals surface area contributed by atoms with Gasteiger partial charge in [-0.25, -0.2) is 0 Å². The second kappa shape index (κ2) is 4.15. The Labute approximate surface area is 95.7 Å². The van der Waals surface area contributed by atoms with Gasteiger partial charge in [0.25, 0.3) is 0 Å². The molecular weight excluding hydrogens is 258 g/mol. The Morgan fingerprint density at radius 1 is 1.21 bits per heavy atom. The van der Waals surface area contributed by atoms with Gasteiger partial charge in [-0.05, 0) is 27.6 Å². The Morgan fingerprint density at radius 3 is 2.50 bits per heavy atom. The van der Waals surface area contributed by atoms with Crippen molar-refractivity contribution < 1.29 is 0 Å². The predicted molar refractivity (Wildman–Crippen MR) is 65.7 cm³/mol. The van der Waals surface area contributed by atoms with Gasteiger partial charge < -0.3 is 5.73 Å². The number of rotatable bonds is 2. The van der Waals surface area contributed by atoms with Crippen molar-refractivity contribution in [1.82, 2.24) is 0 Å². The minimum atomic E-state index is 0.834. The normalized spacial score (nSPS) is 10.4. The summed E-state index contributed by atoms with van der Waals surface area (Å²) in [4.78, 5) is 1.29. The molecule has 2 N–H and O–H groups in total. The molecule has 0 aliphatic rings. The molecule has 0 saturated carbocycles. The number of hydrogen-bond donors (Lipinski definition) is 1. The fourth-order valence-corrected chi connectivity index (χ4v) is 2.89. The molecule has 14 heavy (non-hydrogen) atoms. The summed E-state index contributed by atoms with van der Waals surface area (Å²) in [6.45, 7) is 0. The first-order valence-corrected chi connectivity index (χ1v) is 5.94. The number of anilines is 1. The first kappa shape index (κ1) is 9.74. The molecule has 0 radical (unpaired) electrons. The van der Waals surface area contributed by atoms with E-state index in [2.05, 4.69) is 40.2 Å². The summed E-state index contributed by atoms with van der Waals surface area (Å²) in [5.41, 5.74) is 7.91. The molecule has 1 nitrogen and oxygen atoms in total. The van der Waals surface area contributed by atoms with Gasteiger partial charge in [-0.1, -0.05) is 30.3 Å². The Kier molecular flexibility index (Phi) is 2.89. The summed E-state index contributed by atoms with van der Waals surface area (Å²) in [7, 11) is 0. The Hall–Kier alpha value is -0.800. The van der Waals surface area contributed by atoms with Gasteiger partial charge in [0, 0.05) is 11.3 Å². The molecule has 0 amide bonds. The van der Waals surface area contributed by atoms with Crippen molar-refractivity contribution >= 4 is 33.0 Å². The van der Waals surface area contributed by atoms with E-state index in [1.54, 1.807) is 11.3 Å². The van der Waals surface area contributed by atoms with Crippen LogP contribution in [0.25, 0.3) is 0 Å². The van der Waals surface area contributed by atoms with E-state index in [0.29, 0.717) is 0 Å². The highest BCUT2D eigenvalue weighted by Gasteiger charge is 2.03. The van der Waals surface area contributed by atoms with Crippen molar-refractivity contribution in [3.63, 3.8) is 0 Å². The lowest BCUT2D eigenvalue weighted by molar-refractivity contribution is 1.24. The van der Waals surface area contributed by atoms with Crippen molar-refractivity contribution in [3.8, 4) is 0 Å². The molecular formula is C11H10BrNS. The number of hydrogen-bond acceptors (Lipinski definition) is 2. The van der Waals surface area contributed by atoms with Crippen LogP contribution in [0.3, 0.4) is 0 Å². The molecule has 1 aromatic carbocycles. The van der Waals surface area contributed by atoms with Crippen LogP contribution in [0.1, 0.15) is 10.4 Å². The molecule has 2 rings (SSSR count). The van der Waals surface area contributed by atoms with Crippen molar-refractivity contribution in [2.75, 3.05) is 5.73 Å². The van der Waals surface area contributed by atoms with E-state index in [1.807, 2.05) is 12.1 Å². The van der Waals surface area contributed by atoms with Crippen molar-refractivity contribution in [2.45, 2.75) is 6.42 Å². The maximum atomic E-state index is 5.76. The Morgan fingerprint density at radius 2 is 1.93 bits per heavy atom. The number of nitrogens with two attached hydrogens (primary N) is 1. The van der Waals surface area contributed by atoms with Crippen LogP contribution in [-0.4, -0.2) is 0 Å². The first-order chi connectivity index (χ1) is 6.75. The highest BCUT2D eigenvalue weighted by Crippen LogP contribution is 2.31. The zero-order valence-electron chi connectivity index (χ0n) is 7.53. The lowest BCUT2D eigenvalue weighted by Crippen LogP contribution is -1.83. The van der Waals surface area contributed by atoms with Gasteiger partial charge in [-0.3, -0.25) is 0 Å². The van der Waals surface area contributed by atoms with E-state index in [4.69, 9.17) is 5.73 Å². The van der Waals surface area contributed by atoms with Crippen LogP contribution in [0.5, 0.6) is 0 Å². The lowest BCUT2D eigenvalue weighted by atomic mass is 10.1. The van der Waals surface area contributed by atoms with Gasteiger partial charge in [-0.15, -0.1) is 11.3 Å². The lowest BCUT2D eigenvalue weighted by Gasteiger charge is -1.96. The average Bonchev–Trinajstić information content (AvgIpc) is 2.47. The fraction of sp³-hybridized carbons (Fsp3) is 0.0909. The third-order valence-corrected chi connectivity index (χ3v) is 3.87. The molecule has 0 spiro atoms. The van der Waals surface area contributed by atoms with E-state index in [0.717, 1.165) is 15.9 Å². The predicted octanol–water partition coefficient (Wildman–Crippen LogP) is 3.68. The standard InChI is InChI=1S/C11H10BrNS/c12-11-10(13)7-9(14-11)6-8-4-2-1-3-5-8/h1-5,7H,6,13H2. The van der Waals surface area contributed by atoms with Crippen LogP contribution in [0, 0.1) is 0 Å².